The van der Waals surface area contributed by atoms with Crippen molar-refractivity contribution in [2.45, 2.75) is 32.6 Å². The van der Waals surface area contributed by atoms with Crippen molar-refractivity contribution in [3.8, 4) is 11.5 Å². The summed E-state index contributed by atoms with van der Waals surface area (Å²) in [4.78, 5) is 11.6. The van der Waals surface area contributed by atoms with Crippen molar-refractivity contribution in [2.75, 3.05) is 37.5 Å². The lowest BCUT2D eigenvalue weighted by Crippen LogP contribution is -2.25. The number of aromatic nitrogens is 2. The molecule has 2 heterocycles. The normalized spacial score (nSPS) is 14.7. The van der Waals surface area contributed by atoms with Crippen molar-refractivity contribution in [1.29, 1.82) is 0 Å². The molecule has 2 aromatic rings. The molecule has 3 rings (SSSR count). The molecule has 1 saturated heterocycles. The number of aryl methyl sites for hydroxylation is 1. The molecule has 7 heteroatoms. The number of halogens is 1. The Hall–Kier alpha value is -2.21. The fourth-order valence-corrected chi connectivity index (χ4v) is 3.38. The highest BCUT2D eigenvalue weighted by molar-refractivity contribution is 6.32. The maximum Gasteiger partial charge on any atom is 0.229 e. The number of hydrogen-bond donors (Lipinski definition) is 1. The fourth-order valence-electron chi connectivity index (χ4n) is 3.15. The number of ether oxygens (including phenoxy) is 2. The van der Waals surface area contributed by atoms with Crippen LogP contribution < -0.4 is 19.7 Å². The van der Waals surface area contributed by atoms with Gasteiger partial charge in [-0.05, 0) is 19.8 Å². The van der Waals surface area contributed by atoms with Crippen LogP contribution in [0.4, 0.5) is 17.5 Å². The van der Waals surface area contributed by atoms with Gasteiger partial charge in [-0.3, -0.25) is 0 Å². The summed E-state index contributed by atoms with van der Waals surface area (Å²) in [6, 6.07) is 5.54. The number of nitrogens with one attached hydrogen (secondary N) is 1. The quantitative estimate of drug-likeness (QED) is 0.824. The third kappa shape index (κ3) is 4.30. The van der Waals surface area contributed by atoms with Crippen LogP contribution in [0.2, 0.25) is 5.02 Å². The Morgan fingerprint density at radius 2 is 1.65 bits per heavy atom. The van der Waals surface area contributed by atoms with Crippen LogP contribution in [0.25, 0.3) is 0 Å². The second kappa shape index (κ2) is 8.45. The molecule has 140 valence electrons. The van der Waals surface area contributed by atoms with Gasteiger partial charge in [0.05, 0.1) is 24.9 Å². The van der Waals surface area contributed by atoms with Crippen molar-refractivity contribution in [2.24, 2.45) is 0 Å². The molecular formula is C19H25ClN4O2. The minimum Gasteiger partial charge on any atom is -0.495 e. The van der Waals surface area contributed by atoms with Gasteiger partial charge in [0.15, 0.2) is 0 Å². The zero-order chi connectivity index (χ0) is 18.5. The zero-order valence-corrected chi connectivity index (χ0v) is 16.3. The summed E-state index contributed by atoms with van der Waals surface area (Å²) in [7, 11) is 3.18. The third-order valence-corrected chi connectivity index (χ3v) is 4.79. The van der Waals surface area contributed by atoms with E-state index in [1.807, 2.05) is 13.0 Å². The number of rotatable bonds is 5. The Labute approximate surface area is 159 Å². The van der Waals surface area contributed by atoms with E-state index >= 15 is 0 Å². The topological polar surface area (TPSA) is 59.5 Å². The van der Waals surface area contributed by atoms with E-state index in [0.29, 0.717) is 28.2 Å². The molecule has 1 N–H and O–H groups in total. The van der Waals surface area contributed by atoms with Crippen LogP contribution in [0.3, 0.4) is 0 Å². The largest absolute Gasteiger partial charge is 0.495 e. The summed E-state index contributed by atoms with van der Waals surface area (Å²) in [5.41, 5.74) is 1.63. The predicted molar refractivity (Wildman–Crippen MR) is 105 cm³/mol. The first kappa shape index (κ1) is 18.6. The molecule has 1 aliphatic rings. The maximum absolute atomic E-state index is 6.18. The Kier molecular flexibility index (Phi) is 6.04. The number of nitrogens with zero attached hydrogens (tertiary/aromatic N) is 3. The van der Waals surface area contributed by atoms with Gasteiger partial charge >= 0.3 is 0 Å². The van der Waals surface area contributed by atoms with Gasteiger partial charge in [-0.2, -0.15) is 4.98 Å². The summed E-state index contributed by atoms with van der Waals surface area (Å²) in [5.74, 6) is 2.67. The van der Waals surface area contributed by atoms with Crippen molar-refractivity contribution in [3.05, 3.63) is 28.9 Å². The Bertz CT molecular complexity index is 761. The average molecular weight is 377 g/mol. The minimum absolute atomic E-state index is 0.491. The molecule has 0 unspecified atom stereocenters. The van der Waals surface area contributed by atoms with E-state index in [0.717, 1.165) is 24.6 Å². The van der Waals surface area contributed by atoms with Crippen LogP contribution >= 0.6 is 11.6 Å². The molecule has 0 bridgehead atoms. The van der Waals surface area contributed by atoms with Crippen LogP contribution in [-0.2, 0) is 0 Å². The van der Waals surface area contributed by atoms with Crippen molar-refractivity contribution >= 4 is 29.1 Å². The van der Waals surface area contributed by atoms with Crippen molar-refractivity contribution in [3.63, 3.8) is 0 Å². The van der Waals surface area contributed by atoms with E-state index in [2.05, 4.69) is 15.2 Å². The van der Waals surface area contributed by atoms with Crippen LogP contribution in [-0.4, -0.2) is 37.3 Å². The van der Waals surface area contributed by atoms with Gasteiger partial charge in [-0.15, -0.1) is 0 Å². The van der Waals surface area contributed by atoms with Crippen LogP contribution in [0.5, 0.6) is 11.5 Å². The molecule has 1 fully saturated rings. The molecule has 0 amide bonds. The molecule has 26 heavy (non-hydrogen) atoms. The van der Waals surface area contributed by atoms with Gasteiger partial charge in [0.25, 0.3) is 0 Å². The minimum atomic E-state index is 0.491. The SMILES string of the molecule is COc1cc(Nc2nc(C)cc(N3CCCCCC3)n2)c(OC)cc1Cl. The fraction of sp³-hybridized carbons (Fsp3) is 0.474. The zero-order valence-electron chi connectivity index (χ0n) is 15.5. The molecule has 1 aromatic carbocycles. The van der Waals surface area contributed by atoms with Gasteiger partial charge in [0.1, 0.15) is 17.3 Å². The maximum atomic E-state index is 6.18. The number of anilines is 3. The molecule has 0 aliphatic carbocycles. The van der Waals surface area contributed by atoms with Crippen LogP contribution in [0.15, 0.2) is 18.2 Å². The Morgan fingerprint density at radius 1 is 0.962 bits per heavy atom. The summed E-state index contributed by atoms with van der Waals surface area (Å²) in [6.07, 6.45) is 4.98. The van der Waals surface area contributed by atoms with Gasteiger partial charge in [0, 0.05) is 37.0 Å². The molecule has 0 radical (unpaired) electrons. The van der Waals surface area contributed by atoms with Crippen LogP contribution in [0.1, 0.15) is 31.4 Å². The number of methoxy groups -OCH3 is 2. The monoisotopic (exact) mass is 376 g/mol. The van der Waals surface area contributed by atoms with E-state index in [1.54, 1.807) is 26.4 Å². The number of benzene rings is 1. The first-order chi connectivity index (χ1) is 12.6. The van der Waals surface area contributed by atoms with Crippen molar-refractivity contribution < 1.29 is 9.47 Å². The smallest absolute Gasteiger partial charge is 0.229 e. The van der Waals surface area contributed by atoms with E-state index in [-0.39, 0.29) is 0 Å². The molecule has 1 aliphatic heterocycles. The third-order valence-electron chi connectivity index (χ3n) is 4.49. The lowest BCUT2D eigenvalue weighted by molar-refractivity contribution is 0.405. The van der Waals surface area contributed by atoms with Gasteiger partial charge in [-0.1, -0.05) is 24.4 Å². The van der Waals surface area contributed by atoms with Crippen LogP contribution in [0, 0.1) is 6.92 Å². The molecule has 0 saturated carbocycles. The van der Waals surface area contributed by atoms with Crippen molar-refractivity contribution in [1.82, 2.24) is 9.97 Å². The Balaban J connectivity index is 1.90. The lowest BCUT2D eigenvalue weighted by Gasteiger charge is -2.22. The number of hydrogen-bond acceptors (Lipinski definition) is 6. The van der Waals surface area contributed by atoms with Gasteiger partial charge in [0.2, 0.25) is 5.95 Å². The first-order valence-corrected chi connectivity index (χ1v) is 9.27. The van der Waals surface area contributed by atoms with E-state index in [4.69, 9.17) is 26.1 Å². The molecule has 0 atom stereocenters. The van der Waals surface area contributed by atoms with Gasteiger partial charge < -0.3 is 19.7 Å². The first-order valence-electron chi connectivity index (χ1n) is 8.90. The molecule has 6 nitrogen and oxygen atoms in total. The average Bonchev–Trinajstić information content (AvgIpc) is 2.91. The van der Waals surface area contributed by atoms with E-state index in [9.17, 15) is 0 Å². The summed E-state index contributed by atoms with van der Waals surface area (Å²) in [6.45, 7) is 4.05. The van der Waals surface area contributed by atoms with Gasteiger partial charge in [-0.25, -0.2) is 4.98 Å². The highest BCUT2D eigenvalue weighted by Gasteiger charge is 2.15. The lowest BCUT2D eigenvalue weighted by atomic mass is 10.2. The molecule has 1 aromatic heterocycles. The summed E-state index contributed by atoms with van der Waals surface area (Å²) < 4.78 is 10.7. The molecule has 0 spiro atoms. The summed E-state index contributed by atoms with van der Waals surface area (Å²) >= 11 is 6.18. The second-order valence-corrected chi connectivity index (χ2v) is 6.81. The van der Waals surface area contributed by atoms with E-state index in [1.165, 1.54) is 25.7 Å². The standard InChI is InChI=1S/C19H25ClN4O2/c1-13-10-18(24-8-6-4-5-7-9-24)23-19(21-13)22-15-12-16(25-2)14(20)11-17(15)26-3/h10-12H,4-9H2,1-3H3,(H,21,22,23). The van der Waals surface area contributed by atoms with E-state index < -0.39 is 0 Å². The predicted octanol–water partition coefficient (Wildman–Crippen LogP) is 4.58. The highest BCUT2D eigenvalue weighted by atomic mass is 35.5. The molecular weight excluding hydrogens is 352 g/mol. The second-order valence-electron chi connectivity index (χ2n) is 6.40. The Morgan fingerprint density at radius 3 is 2.31 bits per heavy atom. The summed E-state index contributed by atoms with van der Waals surface area (Å²) in [5, 5.41) is 3.74. The highest BCUT2D eigenvalue weighted by Crippen LogP contribution is 2.37.